The predicted molar refractivity (Wildman–Crippen MR) is 67.1 cm³/mol. The number of Topliss-reactive ketones (excluding diaryl/α,β-unsaturated/α-hetero) is 1. The minimum atomic E-state index is -0.0815. The zero-order chi connectivity index (χ0) is 16.9. The zero-order valence-electron chi connectivity index (χ0n) is 11.1. The molecular formula is C15H10FeO6-. The van der Waals surface area contributed by atoms with Crippen molar-refractivity contribution in [2.24, 2.45) is 0 Å². The summed E-state index contributed by atoms with van der Waals surface area (Å²) in [6, 6.07) is 8.93. The summed E-state index contributed by atoms with van der Waals surface area (Å²) in [6.45, 7) is 14.9. The summed E-state index contributed by atoms with van der Waals surface area (Å²) in [4.78, 5) is 21.1. The molecule has 0 spiro atoms. The molecule has 0 aliphatic rings. The molecule has 115 valence electrons. The van der Waals surface area contributed by atoms with Crippen LogP contribution in [-0.2, 0) is 40.6 Å². The summed E-state index contributed by atoms with van der Waals surface area (Å²) < 4.78 is 26.8. The first kappa shape index (κ1) is 28.3. The average molecular weight is 342 g/mol. The van der Waals surface area contributed by atoms with Crippen LogP contribution in [0.2, 0.25) is 0 Å². The van der Waals surface area contributed by atoms with Gasteiger partial charge in [0.15, 0.2) is 5.78 Å². The van der Waals surface area contributed by atoms with Gasteiger partial charge in [-0.15, -0.1) is 0 Å². The molecule has 0 aliphatic heterocycles. The SMILES string of the molecule is O=[C-]OC[CH][CH][CH]C(=O)c1ccccc1.[C-]#[O+].[C-]#[O+].[C-]#[O+].[Fe]. The van der Waals surface area contributed by atoms with E-state index in [9.17, 15) is 9.59 Å². The Kier molecular flexibility index (Phi) is 35.3. The summed E-state index contributed by atoms with van der Waals surface area (Å²) in [5.41, 5.74) is 0.630. The van der Waals surface area contributed by atoms with E-state index in [0.29, 0.717) is 5.56 Å². The Balaban J connectivity index is -0.000000206. The van der Waals surface area contributed by atoms with E-state index in [4.69, 9.17) is 14.0 Å². The topological polar surface area (TPSA) is 103 Å². The molecule has 0 N–H and O–H groups in total. The van der Waals surface area contributed by atoms with Crippen molar-refractivity contribution in [3.8, 4) is 0 Å². The predicted octanol–water partition coefficient (Wildman–Crippen LogP) is 1.45. The smallest absolute Gasteiger partial charge is 0 e. The van der Waals surface area contributed by atoms with Crippen LogP contribution in [0, 0.1) is 39.2 Å². The fourth-order valence-electron chi connectivity index (χ4n) is 0.992. The van der Waals surface area contributed by atoms with Gasteiger partial charge in [0.1, 0.15) is 0 Å². The van der Waals surface area contributed by atoms with Crippen molar-refractivity contribution in [3.05, 3.63) is 75.1 Å². The molecule has 7 heteroatoms. The molecule has 0 saturated heterocycles. The van der Waals surface area contributed by atoms with Crippen molar-refractivity contribution in [2.45, 2.75) is 0 Å². The van der Waals surface area contributed by atoms with Gasteiger partial charge in [-0.2, -0.15) is 0 Å². The minimum absolute atomic E-state index is 0. The third-order valence-electron chi connectivity index (χ3n) is 1.68. The van der Waals surface area contributed by atoms with Gasteiger partial charge in [0.2, 0.25) is 0 Å². The summed E-state index contributed by atoms with van der Waals surface area (Å²) in [5, 5.41) is 0. The molecular weight excluding hydrogens is 332 g/mol. The molecule has 0 aromatic heterocycles. The Bertz CT molecular complexity index is 410. The summed E-state index contributed by atoms with van der Waals surface area (Å²) >= 11 is 0. The Morgan fingerprint density at radius 2 is 1.59 bits per heavy atom. The molecule has 1 aromatic rings. The summed E-state index contributed by atoms with van der Waals surface area (Å²) in [6.07, 6.45) is 4.53. The number of hydrogen-bond acceptors (Lipinski definition) is 3. The van der Waals surface area contributed by atoms with Crippen LogP contribution >= 0.6 is 0 Å². The van der Waals surface area contributed by atoms with Gasteiger partial charge in [-0.25, -0.2) is 0 Å². The van der Waals surface area contributed by atoms with Crippen LogP contribution in [0.5, 0.6) is 0 Å². The molecule has 0 amide bonds. The third kappa shape index (κ3) is 18.1. The Labute approximate surface area is 139 Å². The molecule has 0 atom stereocenters. The van der Waals surface area contributed by atoms with Crippen molar-refractivity contribution >= 4 is 12.3 Å². The van der Waals surface area contributed by atoms with E-state index in [0.717, 1.165) is 0 Å². The van der Waals surface area contributed by atoms with Crippen LogP contribution in [0.15, 0.2) is 30.3 Å². The maximum atomic E-state index is 11.5. The van der Waals surface area contributed by atoms with Gasteiger partial charge in [-0.1, -0.05) is 36.8 Å². The first-order valence-electron chi connectivity index (χ1n) is 5.04. The molecule has 1 aromatic carbocycles. The van der Waals surface area contributed by atoms with Gasteiger partial charge in [0.05, 0.1) is 6.61 Å². The van der Waals surface area contributed by atoms with Crippen molar-refractivity contribution in [3.63, 3.8) is 0 Å². The summed E-state index contributed by atoms with van der Waals surface area (Å²) in [5.74, 6) is -0.0815. The van der Waals surface area contributed by atoms with E-state index in [-0.39, 0.29) is 29.5 Å². The number of benzene rings is 1. The molecule has 0 unspecified atom stereocenters. The van der Waals surface area contributed by atoms with Gasteiger partial charge >= 0.3 is 33.9 Å². The van der Waals surface area contributed by atoms with Crippen LogP contribution in [0.25, 0.3) is 0 Å². The standard InChI is InChI=1S/C12H10O3.3CO.Fe/c13-10-15-9-5-4-8-12(14)11-6-2-1-3-7-11;3*1-2;/h1-8H,9H2;;;;/q-1;;;;. The number of ether oxygens (including phenoxy) is 1. The van der Waals surface area contributed by atoms with Gasteiger partial charge in [0.25, 0.3) is 0 Å². The van der Waals surface area contributed by atoms with E-state index in [1.165, 1.54) is 12.9 Å². The average Bonchev–Trinajstić information content (AvgIpc) is 2.60. The van der Waals surface area contributed by atoms with Gasteiger partial charge in [-0.3, -0.25) is 4.79 Å². The Hall–Kier alpha value is -1.90. The molecule has 0 aliphatic carbocycles. The van der Waals surface area contributed by atoms with E-state index < -0.39 is 0 Å². The minimum Gasteiger partial charge on any atom is 0 e. The molecule has 22 heavy (non-hydrogen) atoms. The van der Waals surface area contributed by atoms with Crippen LogP contribution in [-0.4, -0.2) is 18.9 Å². The molecule has 6 nitrogen and oxygen atoms in total. The number of ketones is 1. The second-order valence-corrected chi connectivity index (χ2v) is 2.72. The molecule has 1 rings (SSSR count). The maximum absolute atomic E-state index is 11.5. The zero-order valence-corrected chi connectivity index (χ0v) is 12.2. The first-order chi connectivity index (χ1) is 10.3. The molecule has 0 bridgehead atoms. The molecule has 3 radical (unpaired) electrons. The number of rotatable bonds is 7. The van der Waals surface area contributed by atoms with E-state index in [2.05, 4.69) is 24.7 Å². The van der Waals surface area contributed by atoms with Crippen LogP contribution < -0.4 is 0 Å². The third-order valence-corrected chi connectivity index (χ3v) is 1.68. The fourth-order valence-corrected chi connectivity index (χ4v) is 0.992. The van der Waals surface area contributed by atoms with Crippen molar-refractivity contribution in [1.82, 2.24) is 0 Å². The van der Waals surface area contributed by atoms with Crippen molar-refractivity contribution in [2.75, 3.05) is 6.61 Å². The Morgan fingerprint density at radius 3 is 2.05 bits per heavy atom. The normalized spacial score (nSPS) is 6.82. The molecule has 0 saturated carbocycles. The van der Waals surface area contributed by atoms with Crippen LogP contribution in [0.3, 0.4) is 0 Å². The van der Waals surface area contributed by atoms with E-state index >= 15 is 0 Å². The van der Waals surface area contributed by atoms with E-state index in [1.807, 2.05) is 6.07 Å². The number of carbonyl (C=O) groups is 1. The monoisotopic (exact) mass is 342 g/mol. The second kappa shape index (κ2) is 27.4. The number of carbonyl (C=O) groups excluding carboxylic acids is 2. The molecule has 0 heterocycles. The molecule has 0 fully saturated rings. The van der Waals surface area contributed by atoms with Crippen LogP contribution in [0.1, 0.15) is 10.4 Å². The van der Waals surface area contributed by atoms with Gasteiger partial charge < -0.3 is 9.53 Å². The largest absolute Gasteiger partial charge is 0 e. The van der Waals surface area contributed by atoms with E-state index in [1.54, 1.807) is 37.1 Å². The fraction of sp³-hybridized carbons (Fsp3) is 0.0667. The quantitative estimate of drug-likeness (QED) is 0.246. The second-order valence-electron chi connectivity index (χ2n) is 2.72. The van der Waals surface area contributed by atoms with Crippen molar-refractivity contribution < 1.29 is 45.4 Å². The van der Waals surface area contributed by atoms with Gasteiger partial charge in [-0.05, 0) is 12.8 Å². The Morgan fingerprint density at radius 1 is 1.09 bits per heavy atom. The van der Waals surface area contributed by atoms with Crippen LogP contribution in [0.4, 0.5) is 0 Å². The van der Waals surface area contributed by atoms with Gasteiger partial charge in [0, 0.05) is 29.1 Å². The number of hydrogen-bond donors (Lipinski definition) is 0. The van der Waals surface area contributed by atoms with Crippen molar-refractivity contribution in [1.29, 1.82) is 0 Å². The first-order valence-corrected chi connectivity index (χ1v) is 5.04. The number of unbranched alkanes of at least 4 members (excludes halogenated alkanes) is 1. The maximum Gasteiger partial charge on any atom is 0 e. The summed E-state index contributed by atoms with van der Waals surface area (Å²) in [7, 11) is 0.